The Bertz CT molecular complexity index is 938. The average molecular weight is 393 g/mol. The lowest BCUT2D eigenvalue weighted by molar-refractivity contribution is 0.311. The number of aliphatic imine (C=N–C) groups is 1. The van der Waals surface area contributed by atoms with E-state index in [2.05, 4.69) is 45.0 Å². The maximum Gasteiger partial charge on any atom is 0.195 e. The lowest BCUT2D eigenvalue weighted by atomic mass is 10.1. The van der Waals surface area contributed by atoms with Crippen LogP contribution >= 0.6 is 0 Å². The molecule has 0 radical (unpaired) electrons. The molecule has 0 aliphatic rings. The normalized spacial score (nSPS) is 11.2. The molecule has 1 heterocycles. The molecule has 0 fully saturated rings. The van der Waals surface area contributed by atoms with Gasteiger partial charge in [-0.15, -0.1) is 0 Å². The molecule has 7 nitrogen and oxygen atoms in total. The average Bonchev–Trinajstić information content (AvgIpc) is 3.25. The number of methoxy groups -OCH3 is 1. The first-order valence-corrected chi connectivity index (χ1v) is 9.55. The fourth-order valence-corrected chi connectivity index (χ4v) is 2.94. The van der Waals surface area contributed by atoms with Gasteiger partial charge in [-0.3, -0.25) is 9.67 Å². The van der Waals surface area contributed by atoms with Crippen LogP contribution < -0.4 is 20.1 Å². The molecule has 3 rings (SSSR count). The van der Waals surface area contributed by atoms with E-state index in [1.54, 1.807) is 20.4 Å². The van der Waals surface area contributed by atoms with E-state index >= 15 is 0 Å². The first-order chi connectivity index (χ1) is 14.2. The highest BCUT2D eigenvalue weighted by Crippen LogP contribution is 2.30. The molecule has 0 spiro atoms. The van der Waals surface area contributed by atoms with Crippen LogP contribution in [0.3, 0.4) is 0 Å². The summed E-state index contributed by atoms with van der Waals surface area (Å²) in [5.41, 5.74) is 3.24. The topological polar surface area (TPSA) is 72.7 Å². The molecule has 29 heavy (non-hydrogen) atoms. The quantitative estimate of drug-likeness (QED) is 0.452. The van der Waals surface area contributed by atoms with Gasteiger partial charge >= 0.3 is 0 Å². The zero-order valence-electron chi connectivity index (χ0n) is 17.1. The van der Waals surface area contributed by atoms with Crippen molar-refractivity contribution in [1.82, 2.24) is 15.1 Å². The van der Waals surface area contributed by atoms with Crippen LogP contribution in [0.4, 0.5) is 5.69 Å². The van der Waals surface area contributed by atoms with Gasteiger partial charge in [0, 0.05) is 37.7 Å². The van der Waals surface area contributed by atoms with Gasteiger partial charge in [-0.25, -0.2) is 0 Å². The van der Waals surface area contributed by atoms with Crippen LogP contribution in [0.2, 0.25) is 0 Å². The third-order valence-electron chi connectivity index (χ3n) is 4.30. The second-order valence-corrected chi connectivity index (χ2v) is 6.37. The summed E-state index contributed by atoms with van der Waals surface area (Å²) in [5.74, 6) is 2.07. The summed E-state index contributed by atoms with van der Waals surface area (Å²) in [6, 6.07) is 16.1. The Morgan fingerprint density at radius 3 is 2.69 bits per heavy atom. The van der Waals surface area contributed by atoms with Crippen molar-refractivity contribution < 1.29 is 9.47 Å². The van der Waals surface area contributed by atoms with Gasteiger partial charge in [0.15, 0.2) is 17.5 Å². The molecule has 0 aliphatic heterocycles. The first kappa shape index (κ1) is 20.3. The van der Waals surface area contributed by atoms with E-state index in [9.17, 15) is 0 Å². The van der Waals surface area contributed by atoms with Gasteiger partial charge in [-0.05, 0) is 36.2 Å². The minimum absolute atomic E-state index is 0.589. The molecule has 152 valence electrons. The predicted molar refractivity (Wildman–Crippen MR) is 116 cm³/mol. The lowest BCUT2D eigenvalue weighted by Gasteiger charge is -2.15. The van der Waals surface area contributed by atoms with Crippen LogP contribution in [-0.2, 0) is 13.1 Å². The van der Waals surface area contributed by atoms with Crippen molar-refractivity contribution in [1.29, 1.82) is 0 Å². The molecule has 2 aromatic carbocycles. The van der Waals surface area contributed by atoms with Crippen LogP contribution in [0.15, 0.2) is 65.9 Å². The maximum absolute atomic E-state index is 5.56. The highest BCUT2D eigenvalue weighted by molar-refractivity contribution is 5.93. The standard InChI is InChI=1S/C22H27N5O2/c1-4-29-20-10-9-19(14-21(20)28-3)26-22(23-2)24-15-17-7-5-8-18(13-17)16-27-12-6-11-25-27/h5-14H,4,15-16H2,1-3H3,(H2,23,24,26). The zero-order valence-corrected chi connectivity index (χ0v) is 17.1. The molecule has 0 amide bonds. The second kappa shape index (κ2) is 10.2. The van der Waals surface area contributed by atoms with Crippen LogP contribution in [0.1, 0.15) is 18.1 Å². The minimum atomic E-state index is 0.589. The van der Waals surface area contributed by atoms with Gasteiger partial charge in [0.25, 0.3) is 0 Å². The van der Waals surface area contributed by atoms with Crippen LogP contribution in [0.25, 0.3) is 0 Å². The van der Waals surface area contributed by atoms with E-state index in [1.165, 1.54) is 11.1 Å². The number of hydrogen-bond acceptors (Lipinski definition) is 4. The molecule has 0 bridgehead atoms. The summed E-state index contributed by atoms with van der Waals surface area (Å²) >= 11 is 0. The molecule has 7 heteroatoms. The van der Waals surface area contributed by atoms with Gasteiger partial charge in [0.2, 0.25) is 0 Å². The Morgan fingerprint density at radius 1 is 1.10 bits per heavy atom. The van der Waals surface area contributed by atoms with Crippen molar-refractivity contribution in [3.8, 4) is 11.5 Å². The molecule has 0 saturated carbocycles. The summed E-state index contributed by atoms with van der Waals surface area (Å²) in [5, 5.41) is 10.9. The number of benzene rings is 2. The summed E-state index contributed by atoms with van der Waals surface area (Å²) in [6.07, 6.45) is 3.75. The number of aromatic nitrogens is 2. The Hall–Kier alpha value is -3.48. The number of rotatable bonds is 8. The first-order valence-electron chi connectivity index (χ1n) is 9.55. The van der Waals surface area contributed by atoms with Crippen molar-refractivity contribution >= 4 is 11.6 Å². The van der Waals surface area contributed by atoms with Gasteiger partial charge in [-0.2, -0.15) is 5.10 Å². The van der Waals surface area contributed by atoms with Gasteiger partial charge in [-0.1, -0.05) is 24.3 Å². The lowest BCUT2D eigenvalue weighted by Crippen LogP contribution is -2.30. The molecule has 3 aromatic rings. The largest absolute Gasteiger partial charge is 0.493 e. The summed E-state index contributed by atoms with van der Waals surface area (Å²) in [7, 11) is 3.38. The Labute approximate surface area is 171 Å². The zero-order chi connectivity index (χ0) is 20.5. The van der Waals surface area contributed by atoms with Gasteiger partial charge in [0.1, 0.15) is 0 Å². The Kier molecular flexibility index (Phi) is 7.10. The van der Waals surface area contributed by atoms with Crippen molar-refractivity contribution in [3.05, 3.63) is 72.1 Å². The second-order valence-electron chi connectivity index (χ2n) is 6.37. The minimum Gasteiger partial charge on any atom is -0.493 e. The van der Waals surface area contributed by atoms with E-state index in [4.69, 9.17) is 9.47 Å². The fraction of sp³-hybridized carbons (Fsp3) is 0.273. The highest BCUT2D eigenvalue weighted by Gasteiger charge is 2.07. The molecular weight excluding hydrogens is 366 g/mol. The van der Waals surface area contributed by atoms with E-state index in [0.717, 1.165) is 18.0 Å². The molecule has 1 aromatic heterocycles. The molecule has 0 atom stereocenters. The van der Waals surface area contributed by atoms with Crippen molar-refractivity contribution in [2.75, 3.05) is 26.1 Å². The number of guanidine groups is 1. The van der Waals surface area contributed by atoms with E-state index < -0.39 is 0 Å². The monoisotopic (exact) mass is 393 g/mol. The third kappa shape index (κ3) is 5.75. The Balaban J connectivity index is 1.61. The fourth-order valence-electron chi connectivity index (χ4n) is 2.94. The number of hydrogen-bond donors (Lipinski definition) is 2. The summed E-state index contributed by atoms with van der Waals surface area (Å²) < 4.78 is 12.9. The smallest absolute Gasteiger partial charge is 0.195 e. The molecule has 0 aliphatic carbocycles. The van der Waals surface area contributed by atoms with Crippen molar-refractivity contribution in [2.24, 2.45) is 4.99 Å². The Morgan fingerprint density at radius 2 is 1.97 bits per heavy atom. The highest BCUT2D eigenvalue weighted by atomic mass is 16.5. The number of nitrogens with one attached hydrogen (secondary N) is 2. The van der Waals surface area contributed by atoms with Crippen molar-refractivity contribution in [2.45, 2.75) is 20.0 Å². The number of ether oxygens (including phenoxy) is 2. The van der Waals surface area contributed by atoms with E-state index in [0.29, 0.717) is 24.9 Å². The van der Waals surface area contributed by atoms with Gasteiger partial charge < -0.3 is 20.1 Å². The van der Waals surface area contributed by atoms with Gasteiger partial charge in [0.05, 0.1) is 20.3 Å². The van der Waals surface area contributed by atoms with Crippen LogP contribution in [-0.4, -0.2) is 36.5 Å². The summed E-state index contributed by atoms with van der Waals surface area (Å²) in [4.78, 5) is 4.30. The van der Waals surface area contributed by atoms with Crippen LogP contribution in [0.5, 0.6) is 11.5 Å². The van der Waals surface area contributed by atoms with Crippen molar-refractivity contribution in [3.63, 3.8) is 0 Å². The van der Waals surface area contributed by atoms with E-state index in [1.807, 2.05) is 42.1 Å². The SMILES string of the molecule is CCOc1ccc(NC(=NC)NCc2cccc(Cn3cccn3)c2)cc1OC. The maximum atomic E-state index is 5.56. The molecule has 0 unspecified atom stereocenters. The third-order valence-corrected chi connectivity index (χ3v) is 4.30. The molecule has 0 saturated heterocycles. The predicted octanol–water partition coefficient (Wildman–Crippen LogP) is 3.53. The summed E-state index contributed by atoms with van der Waals surface area (Å²) in [6.45, 7) is 3.94. The number of nitrogens with zero attached hydrogens (tertiary/aromatic N) is 3. The number of anilines is 1. The van der Waals surface area contributed by atoms with E-state index in [-0.39, 0.29) is 0 Å². The van der Waals surface area contributed by atoms with Crippen LogP contribution in [0, 0.1) is 0 Å². The molecule has 2 N–H and O–H groups in total. The molecular formula is C22H27N5O2.